The summed E-state index contributed by atoms with van der Waals surface area (Å²) in [4.78, 5) is 27.4. The number of carboxylic acids is 1. The molecule has 0 spiro atoms. The number of carbonyl (C=O) groups excluding carboxylic acids is 1. The second kappa shape index (κ2) is 6.08. The van der Waals surface area contributed by atoms with Crippen LogP contribution in [0.5, 0.6) is 0 Å². The summed E-state index contributed by atoms with van der Waals surface area (Å²) in [5.74, 6) is 0.0598. The highest BCUT2D eigenvalue weighted by Gasteiger charge is 2.48. The average molecular weight is 298 g/mol. The van der Waals surface area contributed by atoms with Gasteiger partial charge in [-0.15, -0.1) is 11.8 Å². The van der Waals surface area contributed by atoms with Gasteiger partial charge in [0.1, 0.15) is 6.04 Å². The third kappa shape index (κ3) is 3.11. The van der Waals surface area contributed by atoms with Crippen LogP contribution in [0.1, 0.15) is 26.7 Å². The molecule has 20 heavy (non-hydrogen) atoms. The summed E-state index contributed by atoms with van der Waals surface area (Å²) in [6.07, 6.45) is 2.20. The maximum absolute atomic E-state index is 12.7. The first-order valence-electron chi connectivity index (χ1n) is 7.01. The summed E-state index contributed by atoms with van der Waals surface area (Å²) in [5, 5.41) is 9.38. The van der Waals surface area contributed by atoms with Crippen LogP contribution >= 0.6 is 11.8 Å². The summed E-state index contributed by atoms with van der Waals surface area (Å²) in [6.45, 7) is 8.68. The second-order valence-electron chi connectivity index (χ2n) is 5.58. The molecule has 2 atom stereocenters. The molecule has 112 valence electrons. The molecular weight excluding hydrogens is 276 g/mol. The molecule has 2 amide bonds. The minimum Gasteiger partial charge on any atom is -0.480 e. The van der Waals surface area contributed by atoms with E-state index in [1.165, 1.54) is 0 Å². The summed E-state index contributed by atoms with van der Waals surface area (Å²) in [6, 6.07) is -0.859. The number of hydrogen-bond donors (Lipinski definition) is 1. The van der Waals surface area contributed by atoms with Gasteiger partial charge in [-0.05, 0) is 32.6 Å². The number of likely N-dealkylation sites (N-methyl/N-ethyl adjacent to an activating group) is 1. The van der Waals surface area contributed by atoms with Gasteiger partial charge in [-0.3, -0.25) is 4.90 Å². The third-order valence-electron chi connectivity index (χ3n) is 3.68. The maximum atomic E-state index is 12.7. The van der Waals surface area contributed by atoms with Crippen molar-refractivity contribution < 1.29 is 14.7 Å². The maximum Gasteiger partial charge on any atom is 0.327 e. The van der Waals surface area contributed by atoms with E-state index in [0.717, 1.165) is 18.4 Å². The van der Waals surface area contributed by atoms with Crippen LogP contribution in [0, 0.1) is 5.92 Å². The van der Waals surface area contributed by atoms with Gasteiger partial charge in [0.2, 0.25) is 0 Å². The average Bonchev–Trinajstić information content (AvgIpc) is 3.13. The van der Waals surface area contributed by atoms with Crippen LogP contribution in [-0.2, 0) is 4.79 Å². The van der Waals surface area contributed by atoms with Crippen molar-refractivity contribution in [3.63, 3.8) is 0 Å². The first-order valence-corrected chi connectivity index (χ1v) is 8.06. The molecule has 2 rings (SSSR count). The van der Waals surface area contributed by atoms with Crippen LogP contribution in [0.25, 0.3) is 0 Å². The Hall–Kier alpha value is -1.17. The fourth-order valence-electron chi connectivity index (χ4n) is 2.51. The summed E-state index contributed by atoms with van der Waals surface area (Å²) in [5.41, 5.74) is 0.905. The van der Waals surface area contributed by atoms with Gasteiger partial charge in [-0.25, -0.2) is 9.59 Å². The molecule has 1 saturated heterocycles. The van der Waals surface area contributed by atoms with Crippen molar-refractivity contribution in [1.29, 1.82) is 0 Å². The highest BCUT2D eigenvalue weighted by atomic mass is 32.2. The number of carboxylic acid groups (broad SMARTS) is 1. The first kappa shape index (κ1) is 15.2. The highest BCUT2D eigenvalue weighted by molar-refractivity contribution is 8.00. The van der Waals surface area contributed by atoms with Gasteiger partial charge in [0.15, 0.2) is 0 Å². The molecule has 5 nitrogen and oxygen atoms in total. The number of amides is 2. The fourth-order valence-corrected chi connectivity index (χ4v) is 4.13. The van der Waals surface area contributed by atoms with E-state index in [9.17, 15) is 14.7 Å². The number of rotatable bonds is 5. The fraction of sp³-hybridized carbons (Fsp3) is 0.714. The molecule has 1 aliphatic carbocycles. The molecule has 0 radical (unpaired) electrons. The van der Waals surface area contributed by atoms with Crippen molar-refractivity contribution in [1.82, 2.24) is 9.80 Å². The molecule has 1 heterocycles. The van der Waals surface area contributed by atoms with Crippen LogP contribution in [0.2, 0.25) is 0 Å². The summed E-state index contributed by atoms with van der Waals surface area (Å²) >= 11 is 1.61. The molecule has 0 bridgehead atoms. The zero-order valence-corrected chi connectivity index (χ0v) is 12.9. The molecule has 0 aromatic carbocycles. The predicted molar refractivity (Wildman–Crippen MR) is 79.7 cm³/mol. The lowest BCUT2D eigenvalue weighted by atomic mass is 10.2. The number of aliphatic carboxylic acids is 1. The molecule has 0 aromatic rings. The van der Waals surface area contributed by atoms with Crippen LogP contribution < -0.4 is 0 Å². The van der Waals surface area contributed by atoms with Crippen molar-refractivity contribution in [2.45, 2.75) is 38.1 Å². The first-order chi connectivity index (χ1) is 9.45. The van der Waals surface area contributed by atoms with Crippen molar-refractivity contribution in [2.24, 2.45) is 5.92 Å². The number of hydrogen-bond acceptors (Lipinski definition) is 3. The number of carbonyl (C=O) groups is 2. The monoisotopic (exact) mass is 298 g/mol. The largest absolute Gasteiger partial charge is 0.480 e. The Morgan fingerprint density at radius 1 is 1.45 bits per heavy atom. The standard InChI is InChI=1S/C14H22N2O3S/c1-4-15(7-9(2)3)14(19)16-11(13(17)18)8-20-12(16)10-5-6-10/h10-12H,2,4-8H2,1,3H3,(H,17,18). The normalized spacial score (nSPS) is 25.6. The molecule has 1 saturated carbocycles. The quantitative estimate of drug-likeness (QED) is 0.791. The Balaban J connectivity index is 2.17. The minimum atomic E-state index is -0.902. The molecule has 0 aromatic heterocycles. The predicted octanol–water partition coefficient (Wildman–Crippen LogP) is 2.24. The summed E-state index contributed by atoms with van der Waals surface area (Å²) in [7, 11) is 0. The number of thioether (sulfide) groups is 1. The van der Waals surface area contributed by atoms with E-state index < -0.39 is 12.0 Å². The lowest BCUT2D eigenvalue weighted by molar-refractivity contribution is -0.141. The molecule has 2 aliphatic rings. The van der Waals surface area contributed by atoms with Crippen LogP contribution in [0.15, 0.2) is 12.2 Å². The topological polar surface area (TPSA) is 60.9 Å². The Labute approximate surface area is 124 Å². The number of nitrogens with zero attached hydrogens (tertiary/aromatic N) is 2. The minimum absolute atomic E-state index is 0.0303. The highest BCUT2D eigenvalue weighted by Crippen LogP contribution is 2.45. The van der Waals surface area contributed by atoms with Gasteiger partial charge in [0.25, 0.3) is 0 Å². The van der Waals surface area contributed by atoms with Crippen molar-refractivity contribution >= 4 is 23.8 Å². The zero-order valence-electron chi connectivity index (χ0n) is 12.0. The lowest BCUT2D eigenvalue weighted by Gasteiger charge is -2.33. The van der Waals surface area contributed by atoms with E-state index in [0.29, 0.717) is 24.8 Å². The van der Waals surface area contributed by atoms with E-state index in [1.54, 1.807) is 21.6 Å². The smallest absolute Gasteiger partial charge is 0.327 e. The molecule has 1 aliphatic heterocycles. The van der Waals surface area contributed by atoms with E-state index in [4.69, 9.17) is 0 Å². The molecule has 6 heteroatoms. The van der Waals surface area contributed by atoms with Gasteiger partial charge in [0.05, 0.1) is 5.37 Å². The Kier molecular flexibility index (Phi) is 4.62. The Bertz CT molecular complexity index is 423. The van der Waals surface area contributed by atoms with Crippen LogP contribution in [-0.4, -0.2) is 57.2 Å². The molecule has 2 fully saturated rings. The summed E-state index contributed by atoms with van der Waals surface area (Å²) < 4.78 is 0. The second-order valence-corrected chi connectivity index (χ2v) is 6.73. The molecular formula is C14H22N2O3S. The van der Waals surface area contributed by atoms with Crippen LogP contribution in [0.3, 0.4) is 0 Å². The molecule has 2 unspecified atom stereocenters. The third-order valence-corrected chi connectivity index (χ3v) is 5.14. The van der Waals surface area contributed by atoms with Crippen molar-refractivity contribution in [3.05, 3.63) is 12.2 Å². The van der Waals surface area contributed by atoms with Gasteiger partial charge < -0.3 is 10.0 Å². The molecule has 1 N–H and O–H groups in total. The van der Waals surface area contributed by atoms with E-state index in [-0.39, 0.29) is 11.4 Å². The van der Waals surface area contributed by atoms with Crippen LogP contribution in [0.4, 0.5) is 4.79 Å². The Morgan fingerprint density at radius 2 is 2.10 bits per heavy atom. The SMILES string of the molecule is C=C(C)CN(CC)C(=O)N1C(C(=O)O)CSC1C1CC1. The van der Waals surface area contributed by atoms with Crippen molar-refractivity contribution in [2.75, 3.05) is 18.8 Å². The van der Waals surface area contributed by atoms with Gasteiger partial charge in [-0.1, -0.05) is 12.2 Å². The van der Waals surface area contributed by atoms with Gasteiger partial charge in [0, 0.05) is 18.8 Å². The lowest BCUT2D eigenvalue weighted by Crippen LogP contribution is -2.52. The van der Waals surface area contributed by atoms with Gasteiger partial charge in [-0.2, -0.15) is 0 Å². The van der Waals surface area contributed by atoms with Crippen molar-refractivity contribution in [3.8, 4) is 0 Å². The van der Waals surface area contributed by atoms with E-state index in [2.05, 4.69) is 6.58 Å². The zero-order chi connectivity index (χ0) is 14.9. The Morgan fingerprint density at radius 3 is 2.55 bits per heavy atom. The van der Waals surface area contributed by atoms with E-state index in [1.807, 2.05) is 13.8 Å². The number of urea groups is 1. The van der Waals surface area contributed by atoms with Gasteiger partial charge >= 0.3 is 12.0 Å². The van der Waals surface area contributed by atoms with E-state index >= 15 is 0 Å².